The standard InChI is InChI=1S/C23H29N3O3/c27-22(19-8-13-26(14-9-19)23(28)20-10-15-29-17-20)24-21(16-25-11-4-5-12-25)18-6-2-1-3-7-18/h1-3,6-7,10,15,17,19,21H,4-5,8-9,11-14,16H2,(H,24,27). The molecule has 29 heavy (non-hydrogen) atoms. The molecule has 1 atom stereocenters. The van der Waals surface area contributed by atoms with Crippen molar-refractivity contribution in [1.29, 1.82) is 0 Å². The number of hydrogen-bond acceptors (Lipinski definition) is 4. The Labute approximate surface area is 171 Å². The first kappa shape index (κ1) is 19.7. The zero-order chi connectivity index (χ0) is 20.1. The highest BCUT2D eigenvalue weighted by Crippen LogP contribution is 2.23. The number of rotatable bonds is 6. The van der Waals surface area contributed by atoms with Crippen molar-refractivity contribution < 1.29 is 14.0 Å². The number of hydrogen-bond donors (Lipinski definition) is 1. The molecule has 3 heterocycles. The average molecular weight is 396 g/mol. The summed E-state index contributed by atoms with van der Waals surface area (Å²) in [6, 6.07) is 11.9. The summed E-state index contributed by atoms with van der Waals surface area (Å²) in [6.07, 6.45) is 6.85. The first-order valence-corrected chi connectivity index (χ1v) is 10.6. The molecule has 2 aromatic rings. The van der Waals surface area contributed by atoms with E-state index in [1.807, 2.05) is 23.1 Å². The fraction of sp³-hybridized carbons (Fsp3) is 0.478. The van der Waals surface area contributed by atoms with E-state index in [1.54, 1.807) is 6.07 Å². The van der Waals surface area contributed by atoms with E-state index in [0.29, 0.717) is 31.5 Å². The van der Waals surface area contributed by atoms with Crippen LogP contribution in [0.1, 0.15) is 47.6 Å². The number of furan rings is 1. The summed E-state index contributed by atoms with van der Waals surface area (Å²) in [5, 5.41) is 3.30. The van der Waals surface area contributed by atoms with Crippen LogP contribution in [0.2, 0.25) is 0 Å². The molecule has 6 nitrogen and oxygen atoms in total. The molecule has 0 spiro atoms. The molecular formula is C23H29N3O3. The molecule has 0 saturated carbocycles. The van der Waals surface area contributed by atoms with Crippen LogP contribution in [-0.2, 0) is 4.79 Å². The molecule has 1 aromatic heterocycles. The van der Waals surface area contributed by atoms with E-state index in [0.717, 1.165) is 25.2 Å². The van der Waals surface area contributed by atoms with Gasteiger partial charge in [-0.1, -0.05) is 30.3 Å². The Morgan fingerprint density at radius 1 is 1.03 bits per heavy atom. The Kier molecular flexibility index (Phi) is 6.30. The van der Waals surface area contributed by atoms with Gasteiger partial charge < -0.3 is 19.5 Å². The number of nitrogens with one attached hydrogen (secondary N) is 1. The minimum Gasteiger partial charge on any atom is -0.472 e. The lowest BCUT2D eigenvalue weighted by atomic mass is 9.94. The second-order valence-corrected chi connectivity index (χ2v) is 8.06. The van der Waals surface area contributed by atoms with E-state index in [9.17, 15) is 9.59 Å². The molecule has 0 aliphatic carbocycles. The molecule has 2 saturated heterocycles. The van der Waals surface area contributed by atoms with Crippen LogP contribution < -0.4 is 5.32 Å². The van der Waals surface area contributed by atoms with Gasteiger partial charge in [-0.2, -0.15) is 0 Å². The van der Waals surface area contributed by atoms with E-state index >= 15 is 0 Å². The van der Waals surface area contributed by atoms with Crippen molar-refractivity contribution in [3.05, 3.63) is 60.1 Å². The van der Waals surface area contributed by atoms with Crippen molar-refractivity contribution >= 4 is 11.8 Å². The van der Waals surface area contributed by atoms with Crippen LogP contribution in [0.3, 0.4) is 0 Å². The highest BCUT2D eigenvalue weighted by Gasteiger charge is 2.30. The lowest BCUT2D eigenvalue weighted by Gasteiger charge is -2.32. The van der Waals surface area contributed by atoms with Gasteiger partial charge in [-0.15, -0.1) is 0 Å². The Morgan fingerprint density at radius 3 is 2.41 bits per heavy atom. The second kappa shape index (κ2) is 9.27. The SMILES string of the molecule is O=C(NC(CN1CCCC1)c1ccccc1)C1CCN(C(=O)c2ccoc2)CC1. The molecule has 154 valence electrons. The Morgan fingerprint density at radius 2 is 1.76 bits per heavy atom. The van der Waals surface area contributed by atoms with E-state index in [2.05, 4.69) is 22.3 Å². The lowest BCUT2D eigenvalue weighted by Crippen LogP contribution is -2.45. The van der Waals surface area contributed by atoms with Gasteiger partial charge in [-0.3, -0.25) is 9.59 Å². The topological polar surface area (TPSA) is 65.8 Å². The number of carbonyl (C=O) groups is 2. The first-order chi connectivity index (χ1) is 14.2. The fourth-order valence-corrected chi connectivity index (χ4v) is 4.35. The zero-order valence-corrected chi connectivity index (χ0v) is 16.8. The number of benzene rings is 1. The third-order valence-corrected chi connectivity index (χ3v) is 6.08. The molecule has 1 N–H and O–H groups in total. The van der Waals surface area contributed by atoms with E-state index in [1.165, 1.54) is 25.4 Å². The number of amides is 2. The summed E-state index contributed by atoms with van der Waals surface area (Å²) in [5.41, 5.74) is 1.72. The predicted molar refractivity (Wildman–Crippen MR) is 110 cm³/mol. The van der Waals surface area contributed by atoms with Crippen molar-refractivity contribution in [2.45, 2.75) is 31.7 Å². The van der Waals surface area contributed by atoms with Gasteiger partial charge in [-0.25, -0.2) is 0 Å². The molecule has 1 unspecified atom stereocenters. The summed E-state index contributed by atoms with van der Waals surface area (Å²) in [4.78, 5) is 29.7. The first-order valence-electron chi connectivity index (χ1n) is 10.6. The van der Waals surface area contributed by atoms with Crippen LogP contribution in [0.25, 0.3) is 0 Å². The minimum absolute atomic E-state index is 0.00684. The molecule has 2 aliphatic heterocycles. The van der Waals surface area contributed by atoms with Gasteiger partial charge in [0.25, 0.3) is 5.91 Å². The normalized spacial score (nSPS) is 19.2. The van der Waals surface area contributed by atoms with Crippen molar-refractivity contribution in [2.75, 3.05) is 32.7 Å². The summed E-state index contributed by atoms with van der Waals surface area (Å²) >= 11 is 0. The minimum atomic E-state index is -0.0480. The van der Waals surface area contributed by atoms with Gasteiger partial charge >= 0.3 is 0 Å². The van der Waals surface area contributed by atoms with Gasteiger partial charge in [0.05, 0.1) is 17.9 Å². The maximum Gasteiger partial charge on any atom is 0.257 e. The van der Waals surface area contributed by atoms with Gasteiger partial charge in [0.15, 0.2) is 0 Å². The van der Waals surface area contributed by atoms with Crippen molar-refractivity contribution in [2.24, 2.45) is 5.92 Å². The Hall–Kier alpha value is -2.60. The molecule has 1 aromatic carbocycles. The summed E-state index contributed by atoms with van der Waals surface area (Å²) in [5.74, 6) is 0.0375. The third kappa shape index (κ3) is 4.88. The van der Waals surface area contributed by atoms with E-state index in [-0.39, 0.29) is 23.8 Å². The van der Waals surface area contributed by atoms with Crippen LogP contribution in [0, 0.1) is 5.92 Å². The van der Waals surface area contributed by atoms with Gasteiger partial charge in [-0.05, 0) is 50.4 Å². The Bertz CT molecular complexity index is 792. The molecular weight excluding hydrogens is 366 g/mol. The summed E-state index contributed by atoms with van der Waals surface area (Å²) in [6.45, 7) is 4.27. The second-order valence-electron chi connectivity index (χ2n) is 8.06. The highest BCUT2D eigenvalue weighted by atomic mass is 16.3. The lowest BCUT2D eigenvalue weighted by molar-refractivity contribution is -0.127. The van der Waals surface area contributed by atoms with Crippen LogP contribution in [0.5, 0.6) is 0 Å². The van der Waals surface area contributed by atoms with Crippen molar-refractivity contribution in [3.8, 4) is 0 Å². The quantitative estimate of drug-likeness (QED) is 0.816. The molecule has 2 aliphatic rings. The molecule has 2 amide bonds. The molecule has 4 rings (SSSR count). The molecule has 0 radical (unpaired) electrons. The maximum atomic E-state index is 13.0. The largest absolute Gasteiger partial charge is 0.472 e. The van der Waals surface area contributed by atoms with E-state index < -0.39 is 0 Å². The monoisotopic (exact) mass is 395 g/mol. The number of piperidine rings is 1. The Balaban J connectivity index is 1.35. The van der Waals surface area contributed by atoms with Crippen molar-refractivity contribution in [3.63, 3.8) is 0 Å². The summed E-state index contributed by atoms with van der Waals surface area (Å²) in [7, 11) is 0. The predicted octanol–water partition coefficient (Wildman–Crippen LogP) is 3.09. The van der Waals surface area contributed by atoms with Gasteiger partial charge in [0, 0.05) is 25.6 Å². The van der Waals surface area contributed by atoms with E-state index in [4.69, 9.17) is 4.42 Å². The third-order valence-electron chi connectivity index (χ3n) is 6.08. The fourth-order valence-electron chi connectivity index (χ4n) is 4.35. The number of likely N-dealkylation sites (tertiary alicyclic amines) is 2. The zero-order valence-electron chi connectivity index (χ0n) is 16.8. The smallest absolute Gasteiger partial charge is 0.257 e. The van der Waals surface area contributed by atoms with Crippen LogP contribution in [0.4, 0.5) is 0 Å². The van der Waals surface area contributed by atoms with Crippen LogP contribution in [0.15, 0.2) is 53.3 Å². The van der Waals surface area contributed by atoms with Crippen molar-refractivity contribution in [1.82, 2.24) is 15.1 Å². The van der Waals surface area contributed by atoms with Crippen LogP contribution in [-0.4, -0.2) is 54.3 Å². The van der Waals surface area contributed by atoms with Gasteiger partial charge in [0.1, 0.15) is 6.26 Å². The molecule has 6 heteroatoms. The van der Waals surface area contributed by atoms with Gasteiger partial charge in [0.2, 0.25) is 5.91 Å². The number of nitrogens with zero attached hydrogens (tertiary/aromatic N) is 2. The average Bonchev–Trinajstić information content (AvgIpc) is 3.48. The highest BCUT2D eigenvalue weighted by molar-refractivity contribution is 5.94. The maximum absolute atomic E-state index is 13.0. The number of carbonyl (C=O) groups excluding carboxylic acids is 2. The molecule has 2 fully saturated rings. The molecule has 0 bridgehead atoms. The summed E-state index contributed by atoms with van der Waals surface area (Å²) < 4.78 is 5.01. The van der Waals surface area contributed by atoms with Crippen LogP contribution >= 0.6 is 0 Å².